The summed E-state index contributed by atoms with van der Waals surface area (Å²) in [5, 5.41) is 2.82. The SMILES string of the molecule is CCNC(=O)CN1CCN(C(=O)C2CC3CC3C2)CC1. The molecule has 2 unspecified atom stereocenters. The van der Waals surface area contributed by atoms with Crippen LogP contribution in [-0.4, -0.2) is 60.9 Å². The number of hydrogen-bond donors (Lipinski definition) is 1. The van der Waals surface area contributed by atoms with E-state index in [1.54, 1.807) is 0 Å². The molecule has 1 aliphatic heterocycles. The van der Waals surface area contributed by atoms with Crippen LogP contribution in [0.2, 0.25) is 0 Å². The summed E-state index contributed by atoms with van der Waals surface area (Å²) < 4.78 is 0. The minimum Gasteiger partial charge on any atom is -0.355 e. The zero-order valence-corrected chi connectivity index (χ0v) is 12.3. The van der Waals surface area contributed by atoms with Crippen molar-refractivity contribution in [3.05, 3.63) is 0 Å². The fourth-order valence-corrected chi connectivity index (χ4v) is 3.76. The number of fused-ring (bicyclic) bond motifs is 1. The third-order valence-corrected chi connectivity index (χ3v) is 5.02. The van der Waals surface area contributed by atoms with Crippen LogP contribution < -0.4 is 5.32 Å². The van der Waals surface area contributed by atoms with Crippen LogP contribution in [0.5, 0.6) is 0 Å². The number of amides is 2. The Bertz CT molecular complexity index is 381. The molecule has 1 saturated heterocycles. The molecule has 2 aliphatic carbocycles. The minimum absolute atomic E-state index is 0.0863. The molecule has 0 spiro atoms. The van der Waals surface area contributed by atoms with E-state index in [-0.39, 0.29) is 5.91 Å². The topological polar surface area (TPSA) is 52.7 Å². The van der Waals surface area contributed by atoms with Gasteiger partial charge in [0.1, 0.15) is 0 Å². The minimum atomic E-state index is 0.0863. The molecule has 20 heavy (non-hydrogen) atoms. The van der Waals surface area contributed by atoms with E-state index in [9.17, 15) is 9.59 Å². The monoisotopic (exact) mass is 279 g/mol. The van der Waals surface area contributed by atoms with Crippen LogP contribution in [-0.2, 0) is 9.59 Å². The smallest absolute Gasteiger partial charge is 0.234 e. The van der Waals surface area contributed by atoms with Crippen molar-refractivity contribution in [2.45, 2.75) is 26.2 Å². The number of piperazine rings is 1. The Labute approximate surface area is 120 Å². The molecule has 0 aromatic carbocycles. The molecule has 0 aromatic heterocycles. The van der Waals surface area contributed by atoms with Gasteiger partial charge in [-0.1, -0.05) is 0 Å². The van der Waals surface area contributed by atoms with Crippen molar-refractivity contribution in [2.24, 2.45) is 17.8 Å². The molecule has 3 rings (SSSR count). The first-order valence-corrected chi connectivity index (χ1v) is 7.95. The second kappa shape index (κ2) is 5.72. The summed E-state index contributed by atoms with van der Waals surface area (Å²) >= 11 is 0. The molecule has 5 heteroatoms. The van der Waals surface area contributed by atoms with Gasteiger partial charge in [0.2, 0.25) is 11.8 Å². The maximum absolute atomic E-state index is 12.4. The lowest BCUT2D eigenvalue weighted by molar-refractivity contribution is -0.137. The molecule has 0 aromatic rings. The van der Waals surface area contributed by atoms with Crippen LogP contribution in [0.25, 0.3) is 0 Å². The average Bonchev–Trinajstić information content (AvgIpc) is 3.05. The first-order chi connectivity index (χ1) is 9.67. The predicted molar refractivity (Wildman–Crippen MR) is 76.0 cm³/mol. The highest BCUT2D eigenvalue weighted by molar-refractivity contribution is 5.80. The molecule has 1 heterocycles. The van der Waals surface area contributed by atoms with Crippen molar-refractivity contribution in [2.75, 3.05) is 39.3 Å². The van der Waals surface area contributed by atoms with Gasteiger partial charge in [-0.2, -0.15) is 0 Å². The van der Waals surface area contributed by atoms with E-state index in [1.807, 2.05) is 11.8 Å². The Morgan fingerprint density at radius 3 is 2.30 bits per heavy atom. The molecule has 0 bridgehead atoms. The normalized spacial score (nSPS) is 32.9. The van der Waals surface area contributed by atoms with Crippen molar-refractivity contribution >= 4 is 11.8 Å². The molecule has 0 radical (unpaired) electrons. The van der Waals surface area contributed by atoms with Gasteiger partial charge in [-0.25, -0.2) is 0 Å². The van der Waals surface area contributed by atoms with E-state index < -0.39 is 0 Å². The Morgan fingerprint density at radius 2 is 1.70 bits per heavy atom. The van der Waals surface area contributed by atoms with Crippen molar-refractivity contribution in [3.8, 4) is 0 Å². The average molecular weight is 279 g/mol. The van der Waals surface area contributed by atoms with Crippen molar-refractivity contribution in [1.29, 1.82) is 0 Å². The van der Waals surface area contributed by atoms with Gasteiger partial charge < -0.3 is 10.2 Å². The Balaban J connectivity index is 1.41. The zero-order valence-electron chi connectivity index (χ0n) is 12.3. The summed E-state index contributed by atoms with van der Waals surface area (Å²) in [7, 11) is 0. The van der Waals surface area contributed by atoms with Gasteiger partial charge in [-0.3, -0.25) is 14.5 Å². The Morgan fingerprint density at radius 1 is 1.05 bits per heavy atom. The number of nitrogens with zero attached hydrogens (tertiary/aromatic N) is 2. The van der Waals surface area contributed by atoms with Crippen LogP contribution in [0, 0.1) is 17.8 Å². The second-order valence-corrected chi connectivity index (χ2v) is 6.48. The summed E-state index contributed by atoms with van der Waals surface area (Å²) in [6.45, 7) is 6.28. The number of carbonyl (C=O) groups excluding carboxylic acids is 2. The van der Waals surface area contributed by atoms with E-state index in [0.717, 1.165) is 50.9 Å². The van der Waals surface area contributed by atoms with Gasteiger partial charge in [-0.15, -0.1) is 0 Å². The van der Waals surface area contributed by atoms with Crippen molar-refractivity contribution < 1.29 is 9.59 Å². The number of hydrogen-bond acceptors (Lipinski definition) is 3. The van der Waals surface area contributed by atoms with E-state index in [0.29, 0.717) is 24.9 Å². The summed E-state index contributed by atoms with van der Waals surface area (Å²) in [6, 6.07) is 0. The maximum Gasteiger partial charge on any atom is 0.234 e. The van der Waals surface area contributed by atoms with Crippen LogP contribution >= 0.6 is 0 Å². The molecule has 1 N–H and O–H groups in total. The molecule has 2 saturated carbocycles. The van der Waals surface area contributed by atoms with Gasteiger partial charge in [-0.05, 0) is 38.0 Å². The lowest BCUT2D eigenvalue weighted by atomic mass is 10.0. The van der Waals surface area contributed by atoms with Crippen LogP contribution in [0.15, 0.2) is 0 Å². The standard InChI is InChI=1S/C15H25N3O2/c1-2-16-14(19)10-17-3-5-18(6-4-17)15(20)13-8-11-7-12(11)9-13/h11-13H,2-10H2,1H3,(H,16,19). The van der Waals surface area contributed by atoms with E-state index in [1.165, 1.54) is 6.42 Å². The summed E-state index contributed by atoms with van der Waals surface area (Å²) in [5.41, 5.74) is 0. The number of rotatable bonds is 4. The highest BCUT2D eigenvalue weighted by atomic mass is 16.2. The number of nitrogens with one attached hydrogen (secondary N) is 1. The molecule has 2 atom stereocenters. The third kappa shape index (κ3) is 2.97. The Kier molecular flexibility index (Phi) is 3.96. The number of carbonyl (C=O) groups is 2. The predicted octanol–water partition coefficient (Wildman–Crippen LogP) is 0.313. The van der Waals surface area contributed by atoms with Gasteiger partial charge in [0.05, 0.1) is 6.54 Å². The largest absolute Gasteiger partial charge is 0.355 e. The summed E-state index contributed by atoms with van der Waals surface area (Å²) in [4.78, 5) is 28.1. The van der Waals surface area contributed by atoms with Gasteiger partial charge >= 0.3 is 0 Å². The van der Waals surface area contributed by atoms with Gasteiger partial charge in [0.25, 0.3) is 0 Å². The summed E-state index contributed by atoms with van der Waals surface area (Å²) in [6.07, 6.45) is 3.62. The highest BCUT2D eigenvalue weighted by Crippen LogP contribution is 2.54. The molecular weight excluding hydrogens is 254 g/mol. The van der Waals surface area contributed by atoms with Crippen molar-refractivity contribution in [3.63, 3.8) is 0 Å². The lowest BCUT2D eigenvalue weighted by Gasteiger charge is -2.35. The third-order valence-electron chi connectivity index (χ3n) is 5.02. The molecular formula is C15H25N3O2. The van der Waals surface area contributed by atoms with Crippen molar-refractivity contribution in [1.82, 2.24) is 15.1 Å². The molecule has 2 amide bonds. The second-order valence-electron chi connectivity index (χ2n) is 6.48. The quantitative estimate of drug-likeness (QED) is 0.806. The fourth-order valence-electron chi connectivity index (χ4n) is 3.76. The van der Waals surface area contributed by atoms with E-state index in [2.05, 4.69) is 10.2 Å². The highest BCUT2D eigenvalue weighted by Gasteiger charge is 2.48. The zero-order chi connectivity index (χ0) is 14.1. The fraction of sp³-hybridized carbons (Fsp3) is 0.867. The maximum atomic E-state index is 12.4. The van der Waals surface area contributed by atoms with Crippen LogP contribution in [0.1, 0.15) is 26.2 Å². The Hall–Kier alpha value is -1.10. The number of likely N-dealkylation sites (N-methyl/N-ethyl adjacent to an activating group) is 1. The first-order valence-electron chi connectivity index (χ1n) is 7.95. The molecule has 3 aliphatic rings. The lowest BCUT2D eigenvalue weighted by Crippen LogP contribution is -2.52. The molecule has 112 valence electrons. The summed E-state index contributed by atoms with van der Waals surface area (Å²) in [5.74, 6) is 2.48. The van der Waals surface area contributed by atoms with Crippen LogP contribution in [0.3, 0.4) is 0 Å². The van der Waals surface area contributed by atoms with E-state index in [4.69, 9.17) is 0 Å². The molecule has 3 fully saturated rings. The van der Waals surface area contributed by atoms with Gasteiger partial charge in [0, 0.05) is 38.6 Å². The first kappa shape index (κ1) is 13.9. The van der Waals surface area contributed by atoms with Gasteiger partial charge in [0.15, 0.2) is 0 Å². The van der Waals surface area contributed by atoms with Crippen LogP contribution in [0.4, 0.5) is 0 Å². The van der Waals surface area contributed by atoms with E-state index >= 15 is 0 Å². The molecule has 5 nitrogen and oxygen atoms in total.